The highest BCUT2D eigenvalue weighted by molar-refractivity contribution is 7.99. The Kier molecular flexibility index (Phi) is 12.4. The molecular weight excluding hydrogens is 841 g/mol. The summed E-state index contributed by atoms with van der Waals surface area (Å²) in [5, 5.41) is 0. The Morgan fingerprint density at radius 2 is 0.574 bits per heavy atom. The van der Waals surface area contributed by atoms with Crippen molar-refractivity contribution < 1.29 is 31.0 Å². The molecule has 0 heterocycles. The summed E-state index contributed by atoms with van der Waals surface area (Å²) in [7, 11) is -5.71. The second-order valence-corrected chi connectivity index (χ2v) is 20.0. The molecule has 0 amide bonds. The first-order valence-electron chi connectivity index (χ1n) is 19.0. The number of benzene rings is 8. The molecule has 0 saturated carbocycles. The van der Waals surface area contributed by atoms with E-state index in [2.05, 4.69) is 36.4 Å². The minimum atomic E-state index is -3.75. The molecule has 0 unspecified atom stereocenters. The molecule has 0 saturated heterocycles. The number of ether oxygens (including phenoxy) is 3. The average molecular weight is 879 g/mol. The van der Waals surface area contributed by atoms with E-state index in [1.54, 1.807) is 128 Å². The van der Waals surface area contributed by atoms with Gasteiger partial charge in [-0.15, -0.1) is 0 Å². The standard InChI is InChI=1S/C50H38O7S4/c1-35-3-27-47(28-4-35)60(51,52)49-31-23-45(24-32-49)58-43-19-5-36(6-20-43)37-7-21-44(22-8-37)59-46-25-33-50(34-26-46)61(53,54)48-29-17-42(18-30-48)57-41-15-13-40(14-16-41)56-39-11-9-38(55-2)10-12-39/h3-34H,1-2H3. The molecule has 0 radical (unpaired) electrons. The van der Waals surface area contributed by atoms with E-state index in [-0.39, 0.29) is 19.6 Å². The highest BCUT2D eigenvalue weighted by Crippen LogP contribution is 2.35. The van der Waals surface area contributed by atoms with Crippen molar-refractivity contribution in [2.45, 2.75) is 46.1 Å². The summed E-state index contributed by atoms with van der Waals surface area (Å²) in [6, 6.07) is 58.1. The quantitative estimate of drug-likeness (QED) is 0.106. The molecule has 0 aromatic heterocycles. The van der Waals surface area contributed by atoms with Crippen LogP contribution in [0, 0.1) is 6.92 Å². The molecule has 0 atom stereocenters. The minimum Gasteiger partial charge on any atom is -0.497 e. The Labute approximate surface area is 364 Å². The van der Waals surface area contributed by atoms with Crippen LogP contribution in [0.4, 0.5) is 0 Å². The predicted octanol–water partition coefficient (Wildman–Crippen LogP) is 13.2. The Hall–Kier alpha value is -6.24. The molecule has 0 aliphatic rings. The topological polar surface area (TPSA) is 96.0 Å². The molecule has 61 heavy (non-hydrogen) atoms. The van der Waals surface area contributed by atoms with Gasteiger partial charge in [0.1, 0.15) is 28.7 Å². The van der Waals surface area contributed by atoms with Crippen molar-refractivity contribution in [2.24, 2.45) is 0 Å². The van der Waals surface area contributed by atoms with E-state index in [4.69, 9.17) is 14.2 Å². The van der Waals surface area contributed by atoms with Crippen LogP contribution in [0.5, 0.6) is 28.7 Å². The van der Waals surface area contributed by atoms with Crippen LogP contribution in [0.25, 0.3) is 11.1 Å². The first-order valence-corrected chi connectivity index (χ1v) is 23.6. The summed E-state index contributed by atoms with van der Waals surface area (Å²) in [5.74, 6) is 3.17. The average Bonchev–Trinajstić information content (AvgIpc) is 3.29. The second-order valence-electron chi connectivity index (χ2n) is 13.8. The third kappa shape index (κ3) is 10.0. The maximum Gasteiger partial charge on any atom is 0.206 e. The van der Waals surface area contributed by atoms with Crippen molar-refractivity contribution in [3.8, 4) is 39.9 Å². The first kappa shape index (κ1) is 41.5. The fraction of sp³-hybridized carbons (Fsp3) is 0.0400. The molecule has 0 aliphatic carbocycles. The monoisotopic (exact) mass is 878 g/mol. The van der Waals surface area contributed by atoms with Gasteiger partial charge in [0.15, 0.2) is 0 Å². The fourth-order valence-electron chi connectivity index (χ4n) is 6.24. The van der Waals surface area contributed by atoms with E-state index in [0.717, 1.165) is 42.0 Å². The number of hydrogen-bond donors (Lipinski definition) is 0. The lowest BCUT2D eigenvalue weighted by atomic mass is 10.1. The Balaban J connectivity index is 0.834. The highest BCUT2D eigenvalue weighted by atomic mass is 32.2. The lowest BCUT2D eigenvalue weighted by Crippen LogP contribution is -2.01. The zero-order chi connectivity index (χ0) is 42.4. The van der Waals surface area contributed by atoms with Gasteiger partial charge >= 0.3 is 0 Å². The van der Waals surface area contributed by atoms with Gasteiger partial charge in [-0.25, -0.2) is 16.8 Å². The van der Waals surface area contributed by atoms with Gasteiger partial charge in [0.05, 0.1) is 26.7 Å². The van der Waals surface area contributed by atoms with Crippen LogP contribution in [-0.2, 0) is 19.7 Å². The smallest absolute Gasteiger partial charge is 0.206 e. The molecular formula is C50H38O7S4. The Morgan fingerprint density at radius 3 is 0.885 bits per heavy atom. The summed E-state index contributed by atoms with van der Waals surface area (Å²) < 4.78 is 70.1. The Morgan fingerprint density at radius 1 is 0.328 bits per heavy atom. The molecule has 0 N–H and O–H groups in total. The molecule has 0 spiro atoms. The Bertz CT molecular complexity index is 2950. The van der Waals surface area contributed by atoms with Gasteiger partial charge in [0, 0.05) is 19.6 Å². The van der Waals surface area contributed by atoms with E-state index in [0.29, 0.717) is 23.0 Å². The van der Waals surface area contributed by atoms with Crippen LogP contribution >= 0.6 is 23.5 Å². The number of sulfone groups is 2. The summed E-state index contributed by atoms with van der Waals surface area (Å²) in [4.78, 5) is 4.85. The van der Waals surface area contributed by atoms with Crippen LogP contribution in [0.3, 0.4) is 0 Å². The van der Waals surface area contributed by atoms with E-state index in [1.807, 2.05) is 67.6 Å². The molecule has 8 aromatic rings. The van der Waals surface area contributed by atoms with E-state index in [1.165, 1.54) is 0 Å². The molecule has 11 heteroatoms. The molecule has 304 valence electrons. The zero-order valence-electron chi connectivity index (χ0n) is 33.0. The highest BCUT2D eigenvalue weighted by Gasteiger charge is 2.19. The van der Waals surface area contributed by atoms with Crippen molar-refractivity contribution >= 4 is 43.2 Å². The van der Waals surface area contributed by atoms with E-state index >= 15 is 0 Å². The normalized spacial score (nSPS) is 11.5. The SMILES string of the molecule is COc1ccc(Oc2ccc(Oc3ccc(S(=O)(=O)c4ccc(Sc5ccc(-c6ccc(Sc7ccc(S(=O)(=O)c8ccc(C)cc8)cc7)cc6)cc5)cc4)cc3)cc2)cc1. The minimum absolute atomic E-state index is 0.173. The van der Waals surface area contributed by atoms with Crippen LogP contribution in [-0.4, -0.2) is 23.9 Å². The van der Waals surface area contributed by atoms with Gasteiger partial charge in [0.25, 0.3) is 0 Å². The van der Waals surface area contributed by atoms with Crippen LogP contribution < -0.4 is 14.2 Å². The predicted molar refractivity (Wildman–Crippen MR) is 241 cm³/mol. The van der Waals surface area contributed by atoms with Crippen molar-refractivity contribution in [3.63, 3.8) is 0 Å². The van der Waals surface area contributed by atoms with Gasteiger partial charge in [-0.05, 0) is 176 Å². The molecule has 0 aliphatic heterocycles. The van der Waals surface area contributed by atoms with Gasteiger partial charge in [-0.1, -0.05) is 65.5 Å². The first-order chi connectivity index (χ1) is 29.5. The molecule has 0 bridgehead atoms. The molecule has 8 aromatic carbocycles. The lowest BCUT2D eigenvalue weighted by molar-refractivity contribution is 0.413. The third-order valence-corrected chi connectivity index (χ3v) is 15.2. The van der Waals surface area contributed by atoms with Gasteiger partial charge < -0.3 is 14.2 Å². The van der Waals surface area contributed by atoms with E-state index < -0.39 is 19.7 Å². The molecule has 7 nitrogen and oxygen atoms in total. The summed E-state index contributed by atoms with van der Waals surface area (Å²) in [6.45, 7) is 1.93. The number of hydrogen-bond acceptors (Lipinski definition) is 9. The maximum absolute atomic E-state index is 13.5. The fourth-order valence-corrected chi connectivity index (χ4v) is 10.4. The summed E-state index contributed by atoms with van der Waals surface area (Å²) in [5.41, 5.74) is 3.15. The molecule has 8 rings (SSSR count). The van der Waals surface area contributed by atoms with Crippen molar-refractivity contribution in [3.05, 3.63) is 200 Å². The zero-order valence-corrected chi connectivity index (χ0v) is 36.2. The largest absolute Gasteiger partial charge is 0.497 e. The van der Waals surface area contributed by atoms with Gasteiger partial charge in [0.2, 0.25) is 19.7 Å². The van der Waals surface area contributed by atoms with Crippen LogP contribution in [0.2, 0.25) is 0 Å². The van der Waals surface area contributed by atoms with Crippen molar-refractivity contribution in [1.29, 1.82) is 0 Å². The van der Waals surface area contributed by atoms with Gasteiger partial charge in [-0.2, -0.15) is 0 Å². The van der Waals surface area contributed by atoms with Gasteiger partial charge in [-0.3, -0.25) is 0 Å². The van der Waals surface area contributed by atoms with E-state index in [9.17, 15) is 16.8 Å². The maximum atomic E-state index is 13.5. The molecule has 0 fully saturated rings. The van der Waals surface area contributed by atoms with Crippen molar-refractivity contribution in [2.75, 3.05) is 7.11 Å². The summed E-state index contributed by atoms with van der Waals surface area (Å²) in [6.07, 6.45) is 0. The van der Waals surface area contributed by atoms with Crippen molar-refractivity contribution in [1.82, 2.24) is 0 Å². The number of aryl methyl sites for hydroxylation is 1. The van der Waals surface area contributed by atoms with Crippen LogP contribution in [0.1, 0.15) is 5.56 Å². The third-order valence-electron chi connectivity index (χ3n) is 9.60. The number of rotatable bonds is 14. The second kappa shape index (κ2) is 18.2. The lowest BCUT2D eigenvalue weighted by Gasteiger charge is -2.10. The van der Waals surface area contributed by atoms with Crippen LogP contribution in [0.15, 0.2) is 233 Å². The number of methoxy groups -OCH3 is 1. The summed E-state index contributed by atoms with van der Waals surface area (Å²) >= 11 is 3.12.